The molecule has 0 unspecified atom stereocenters. The summed E-state index contributed by atoms with van der Waals surface area (Å²) in [4.78, 5) is 19.5. The average Bonchev–Trinajstić information content (AvgIpc) is 3.00. The third-order valence-electron chi connectivity index (χ3n) is 3.63. The Morgan fingerprint density at radius 3 is 3.00 bits per heavy atom. The van der Waals surface area contributed by atoms with Crippen molar-refractivity contribution in [2.75, 3.05) is 0 Å². The fourth-order valence-corrected chi connectivity index (χ4v) is 3.82. The molecule has 0 saturated heterocycles. The summed E-state index contributed by atoms with van der Waals surface area (Å²) in [7, 11) is 0. The van der Waals surface area contributed by atoms with Crippen molar-refractivity contribution in [1.29, 1.82) is 0 Å². The topological polar surface area (TPSA) is 68.0 Å². The Morgan fingerprint density at radius 1 is 1.30 bits per heavy atom. The van der Waals surface area contributed by atoms with E-state index in [1.165, 1.54) is 0 Å². The first kappa shape index (κ1) is 14.6. The molecule has 3 heterocycles. The molecule has 0 radical (unpaired) electrons. The smallest absolute Gasteiger partial charge is 0.268 e. The second kappa shape index (κ2) is 6.25. The second-order valence-electron chi connectivity index (χ2n) is 5.53. The zero-order valence-corrected chi connectivity index (χ0v) is 14.0. The highest BCUT2D eigenvalue weighted by atomic mass is 32.1. The Hall–Kier alpha value is -1.99. The molecule has 1 aliphatic rings. The summed E-state index contributed by atoms with van der Waals surface area (Å²) in [5, 5.41) is 8.96. The van der Waals surface area contributed by atoms with Crippen molar-refractivity contribution in [3.05, 3.63) is 45.2 Å². The van der Waals surface area contributed by atoms with Crippen LogP contribution in [0.15, 0.2) is 34.2 Å². The van der Waals surface area contributed by atoms with Crippen molar-refractivity contribution >= 4 is 28.6 Å². The van der Waals surface area contributed by atoms with Crippen molar-refractivity contribution in [1.82, 2.24) is 15.5 Å². The van der Waals surface area contributed by atoms with E-state index in [1.807, 2.05) is 29.6 Å². The van der Waals surface area contributed by atoms with E-state index in [9.17, 15) is 4.79 Å². The van der Waals surface area contributed by atoms with Gasteiger partial charge in [-0.3, -0.25) is 4.79 Å². The number of nitrogens with zero attached hydrogens (tertiary/aromatic N) is 2. The van der Waals surface area contributed by atoms with E-state index in [1.54, 1.807) is 22.7 Å². The highest BCUT2D eigenvalue weighted by Gasteiger charge is 2.29. The molecule has 1 N–H and O–H groups in total. The molecule has 3 aromatic heterocycles. The number of thiophene rings is 2. The van der Waals surface area contributed by atoms with Gasteiger partial charge < -0.3 is 9.84 Å². The van der Waals surface area contributed by atoms with Crippen LogP contribution in [0, 0.1) is 0 Å². The third kappa shape index (κ3) is 3.51. The quantitative estimate of drug-likeness (QED) is 0.741. The Balaban J connectivity index is 1.34. The molecule has 0 aromatic carbocycles. The monoisotopic (exact) mass is 345 g/mol. The normalized spacial score (nSPS) is 14.1. The van der Waals surface area contributed by atoms with Gasteiger partial charge in [0.1, 0.15) is 0 Å². The van der Waals surface area contributed by atoms with Crippen LogP contribution in [0.3, 0.4) is 0 Å². The first-order chi connectivity index (χ1) is 11.3. The molecule has 1 saturated carbocycles. The third-order valence-corrected chi connectivity index (χ3v) is 5.58. The number of carbonyl (C=O) groups is 1. The molecule has 0 atom stereocenters. The van der Waals surface area contributed by atoms with E-state index in [0.29, 0.717) is 24.8 Å². The second-order valence-corrected chi connectivity index (χ2v) is 7.73. The van der Waals surface area contributed by atoms with E-state index in [2.05, 4.69) is 15.5 Å². The molecule has 1 amide bonds. The largest absolute Gasteiger partial charge is 0.351 e. The predicted molar refractivity (Wildman–Crippen MR) is 89.5 cm³/mol. The summed E-state index contributed by atoms with van der Waals surface area (Å²) >= 11 is 3.17. The lowest BCUT2D eigenvalue weighted by Crippen LogP contribution is -2.23. The minimum atomic E-state index is 0.0382. The van der Waals surface area contributed by atoms with Gasteiger partial charge in [-0.25, -0.2) is 0 Å². The summed E-state index contributed by atoms with van der Waals surface area (Å²) in [5.74, 6) is 1.92. The van der Waals surface area contributed by atoms with Crippen LogP contribution in [-0.2, 0) is 17.8 Å². The molecule has 0 bridgehead atoms. The number of carbonyl (C=O) groups excluding carboxylic acids is 1. The van der Waals surface area contributed by atoms with Gasteiger partial charge in [0.25, 0.3) is 5.89 Å². The van der Waals surface area contributed by atoms with Crippen LogP contribution < -0.4 is 5.32 Å². The van der Waals surface area contributed by atoms with E-state index in [-0.39, 0.29) is 5.91 Å². The maximum absolute atomic E-state index is 11.9. The van der Waals surface area contributed by atoms with Gasteiger partial charge in [0.2, 0.25) is 5.91 Å². The SMILES string of the molecule is O=C(Cc1cccs1)NCc1ccc(-c2nc(C3CC3)no2)s1. The Morgan fingerprint density at radius 2 is 2.22 bits per heavy atom. The van der Waals surface area contributed by atoms with Crippen LogP contribution >= 0.6 is 22.7 Å². The van der Waals surface area contributed by atoms with Crippen LogP contribution in [0.25, 0.3) is 10.8 Å². The Labute approximate surface area is 141 Å². The molecule has 4 rings (SSSR count). The van der Waals surface area contributed by atoms with Gasteiger partial charge in [-0.05, 0) is 36.4 Å². The average molecular weight is 345 g/mol. The fraction of sp³-hybridized carbons (Fsp3) is 0.312. The predicted octanol–water partition coefficient (Wildman–Crippen LogP) is 3.60. The van der Waals surface area contributed by atoms with Crippen LogP contribution in [-0.4, -0.2) is 16.0 Å². The highest BCUT2D eigenvalue weighted by molar-refractivity contribution is 7.15. The van der Waals surface area contributed by atoms with E-state index in [0.717, 1.165) is 33.3 Å². The highest BCUT2D eigenvalue weighted by Crippen LogP contribution is 2.39. The summed E-state index contributed by atoms with van der Waals surface area (Å²) in [6.45, 7) is 0.526. The standard InChI is InChI=1S/C16H15N3O2S2/c20-14(8-11-2-1-7-22-11)17-9-12-5-6-13(23-12)16-18-15(19-21-16)10-3-4-10/h1-2,5-7,10H,3-4,8-9H2,(H,17,20). The molecule has 1 aliphatic carbocycles. The molecule has 1 fully saturated rings. The van der Waals surface area contributed by atoms with Gasteiger partial charge in [-0.15, -0.1) is 22.7 Å². The molecule has 3 aromatic rings. The van der Waals surface area contributed by atoms with Gasteiger partial charge in [0, 0.05) is 15.7 Å². The zero-order chi connectivity index (χ0) is 15.6. The summed E-state index contributed by atoms with van der Waals surface area (Å²) in [6, 6.07) is 7.89. The van der Waals surface area contributed by atoms with Crippen LogP contribution in [0.5, 0.6) is 0 Å². The fourth-order valence-electron chi connectivity index (χ4n) is 2.25. The molecule has 7 heteroatoms. The number of hydrogen-bond acceptors (Lipinski definition) is 6. The maximum Gasteiger partial charge on any atom is 0.268 e. The lowest BCUT2D eigenvalue weighted by molar-refractivity contribution is -0.120. The number of rotatable bonds is 6. The van der Waals surface area contributed by atoms with Gasteiger partial charge in [-0.2, -0.15) is 4.98 Å². The molecule has 23 heavy (non-hydrogen) atoms. The first-order valence-electron chi connectivity index (χ1n) is 7.50. The molecule has 0 spiro atoms. The van der Waals surface area contributed by atoms with Crippen LogP contribution in [0.2, 0.25) is 0 Å². The maximum atomic E-state index is 11.9. The lowest BCUT2D eigenvalue weighted by atomic mass is 10.3. The van der Waals surface area contributed by atoms with Crippen molar-refractivity contribution in [3.63, 3.8) is 0 Å². The first-order valence-corrected chi connectivity index (χ1v) is 9.19. The number of amides is 1. The minimum absolute atomic E-state index is 0.0382. The van der Waals surface area contributed by atoms with Gasteiger partial charge in [0.15, 0.2) is 5.82 Å². The molecule has 0 aliphatic heterocycles. The summed E-state index contributed by atoms with van der Waals surface area (Å²) in [6.07, 6.45) is 2.75. The number of hydrogen-bond donors (Lipinski definition) is 1. The van der Waals surface area contributed by atoms with E-state index in [4.69, 9.17) is 4.52 Å². The van der Waals surface area contributed by atoms with E-state index < -0.39 is 0 Å². The van der Waals surface area contributed by atoms with Gasteiger partial charge in [-0.1, -0.05) is 11.2 Å². The van der Waals surface area contributed by atoms with E-state index >= 15 is 0 Å². The molecular formula is C16H15N3O2S2. The molecule has 5 nitrogen and oxygen atoms in total. The zero-order valence-electron chi connectivity index (χ0n) is 12.3. The van der Waals surface area contributed by atoms with Crippen molar-refractivity contribution in [2.24, 2.45) is 0 Å². The van der Waals surface area contributed by atoms with Crippen molar-refractivity contribution in [3.8, 4) is 10.8 Å². The van der Waals surface area contributed by atoms with Gasteiger partial charge in [0.05, 0.1) is 17.8 Å². The number of nitrogens with one attached hydrogen (secondary N) is 1. The Bertz CT molecular complexity index is 803. The van der Waals surface area contributed by atoms with Crippen LogP contribution in [0.4, 0.5) is 0 Å². The molecular weight excluding hydrogens is 330 g/mol. The molecule has 118 valence electrons. The van der Waals surface area contributed by atoms with Crippen molar-refractivity contribution in [2.45, 2.75) is 31.7 Å². The Kier molecular flexibility index (Phi) is 3.97. The number of aromatic nitrogens is 2. The minimum Gasteiger partial charge on any atom is -0.351 e. The lowest BCUT2D eigenvalue weighted by Gasteiger charge is -2.01. The van der Waals surface area contributed by atoms with Crippen molar-refractivity contribution < 1.29 is 9.32 Å². The van der Waals surface area contributed by atoms with Gasteiger partial charge >= 0.3 is 0 Å². The summed E-state index contributed by atoms with van der Waals surface area (Å²) in [5.41, 5.74) is 0. The summed E-state index contributed by atoms with van der Waals surface area (Å²) < 4.78 is 5.32. The van der Waals surface area contributed by atoms with Crippen LogP contribution in [0.1, 0.15) is 34.3 Å².